The van der Waals surface area contributed by atoms with Crippen LogP contribution >= 0.6 is 0 Å². The van der Waals surface area contributed by atoms with Crippen molar-refractivity contribution in [1.82, 2.24) is 15.5 Å². The van der Waals surface area contributed by atoms with Crippen molar-refractivity contribution in [2.45, 2.75) is 31.7 Å². The Morgan fingerprint density at radius 3 is 2.70 bits per heavy atom. The number of benzene rings is 2. The van der Waals surface area contributed by atoms with Crippen LogP contribution < -0.4 is 10.6 Å². The summed E-state index contributed by atoms with van der Waals surface area (Å²) in [6.45, 7) is 0.381. The third-order valence-corrected chi connectivity index (χ3v) is 5.25. The van der Waals surface area contributed by atoms with Gasteiger partial charge in [0.2, 0.25) is 5.91 Å². The van der Waals surface area contributed by atoms with Crippen molar-refractivity contribution in [2.75, 3.05) is 27.2 Å². The van der Waals surface area contributed by atoms with E-state index < -0.39 is 11.6 Å². The van der Waals surface area contributed by atoms with Crippen LogP contribution in [0, 0.1) is 11.6 Å². The fourth-order valence-corrected chi connectivity index (χ4v) is 3.51. The standard InChI is InChI=1S/C23H28F2N4O/c1-29(2)22(30)15-27-23(26-12-11-18-13-19(24)8-10-21(18)25)28-20-9-7-16-5-3-4-6-17(16)14-20/h3-6,8,10,13,20H,7,9,11-12,14-15H2,1-2H3,(H2,26,27,28). The van der Waals surface area contributed by atoms with E-state index in [-0.39, 0.29) is 18.5 Å². The second kappa shape index (κ2) is 10.2. The van der Waals surface area contributed by atoms with Gasteiger partial charge in [0, 0.05) is 26.7 Å². The highest BCUT2D eigenvalue weighted by Gasteiger charge is 2.19. The SMILES string of the molecule is CN(C)C(=O)CN=C(NCCc1cc(F)ccc1F)NC1CCc2ccccc2C1. The van der Waals surface area contributed by atoms with Gasteiger partial charge in [0.1, 0.15) is 18.2 Å². The van der Waals surface area contributed by atoms with Gasteiger partial charge in [-0.1, -0.05) is 24.3 Å². The lowest BCUT2D eigenvalue weighted by Gasteiger charge is -2.27. The Bertz CT molecular complexity index is 914. The zero-order valence-corrected chi connectivity index (χ0v) is 17.4. The zero-order chi connectivity index (χ0) is 21.5. The molecule has 2 N–H and O–H groups in total. The lowest BCUT2D eigenvalue weighted by atomic mass is 9.88. The molecule has 0 aromatic heterocycles. The summed E-state index contributed by atoms with van der Waals surface area (Å²) in [5, 5.41) is 6.56. The molecule has 1 atom stereocenters. The molecule has 1 unspecified atom stereocenters. The molecule has 1 aliphatic carbocycles. The number of carbonyl (C=O) groups excluding carboxylic acids is 1. The molecule has 0 radical (unpaired) electrons. The van der Waals surface area contributed by atoms with E-state index >= 15 is 0 Å². The Balaban J connectivity index is 1.63. The van der Waals surface area contributed by atoms with E-state index in [1.54, 1.807) is 14.1 Å². The number of carbonyl (C=O) groups is 1. The maximum atomic E-state index is 13.9. The number of rotatable bonds is 6. The van der Waals surface area contributed by atoms with Gasteiger partial charge in [-0.05, 0) is 60.6 Å². The van der Waals surface area contributed by atoms with Crippen molar-refractivity contribution in [2.24, 2.45) is 4.99 Å². The molecule has 0 heterocycles. The smallest absolute Gasteiger partial charge is 0.243 e. The van der Waals surface area contributed by atoms with Crippen LogP contribution in [0.4, 0.5) is 8.78 Å². The maximum Gasteiger partial charge on any atom is 0.243 e. The van der Waals surface area contributed by atoms with Crippen LogP contribution in [0.25, 0.3) is 0 Å². The van der Waals surface area contributed by atoms with Crippen LogP contribution in [0.5, 0.6) is 0 Å². The number of fused-ring (bicyclic) bond motifs is 1. The van der Waals surface area contributed by atoms with Crippen molar-refractivity contribution >= 4 is 11.9 Å². The minimum Gasteiger partial charge on any atom is -0.356 e. The number of aryl methyl sites for hydroxylation is 1. The van der Waals surface area contributed by atoms with Gasteiger partial charge in [0.05, 0.1) is 0 Å². The van der Waals surface area contributed by atoms with Gasteiger partial charge in [-0.2, -0.15) is 0 Å². The molecule has 30 heavy (non-hydrogen) atoms. The molecule has 0 bridgehead atoms. The highest BCUT2D eigenvalue weighted by Crippen LogP contribution is 2.21. The van der Waals surface area contributed by atoms with Crippen molar-refractivity contribution in [3.63, 3.8) is 0 Å². The first-order valence-corrected chi connectivity index (χ1v) is 10.2. The molecule has 0 saturated carbocycles. The molecule has 2 aromatic carbocycles. The number of nitrogens with one attached hydrogen (secondary N) is 2. The molecule has 7 heteroatoms. The molecule has 160 valence electrons. The van der Waals surface area contributed by atoms with E-state index in [1.807, 2.05) is 6.07 Å². The fraction of sp³-hybridized carbons (Fsp3) is 0.391. The number of halogens is 2. The van der Waals surface area contributed by atoms with Crippen molar-refractivity contribution in [3.05, 3.63) is 70.8 Å². The van der Waals surface area contributed by atoms with Crippen LogP contribution in [-0.4, -0.2) is 50.0 Å². The normalized spacial score (nSPS) is 16.0. The minimum absolute atomic E-state index is 0.0139. The lowest BCUT2D eigenvalue weighted by Crippen LogP contribution is -2.46. The summed E-state index contributed by atoms with van der Waals surface area (Å²) in [5.74, 6) is -0.500. The van der Waals surface area contributed by atoms with Gasteiger partial charge in [0.15, 0.2) is 5.96 Å². The van der Waals surface area contributed by atoms with E-state index in [4.69, 9.17) is 0 Å². The first kappa shape index (κ1) is 21.7. The summed E-state index contributed by atoms with van der Waals surface area (Å²) in [7, 11) is 3.37. The van der Waals surface area contributed by atoms with Gasteiger partial charge in [0.25, 0.3) is 0 Å². The van der Waals surface area contributed by atoms with Gasteiger partial charge < -0.3 is 15.5 Å². The first-order valence-electron chi connectivity index (χ1n) is 10.2. The molecule has 1 aliphatic rings. The fourth-order valence-electron chi connectivity index (χ4n) is 3.51. The second-order valence-corrected chi connectivity index (χ2v) is 7.72. The predicted octanol–water partition coefficient (Wildman–Crippen LogP) is 2.69. The Labute approximate surface area is 176 Å². The van der Waals surface area contributed by atoms with Gasteiger partial charge in [-0.3, -0.25) is 4.79 Å². The van der Waals surface area contributed by atoms with Gasteiger partial charge >= 0.3 is 0 Å². The predicted molar refractivity (Wildman–Crippen MR) is 114 cm³/mol. The summed E-state index contributed by atoms with van der Waals surface area (Å²) >= 11 is 0. The van der Waals surface area contributed by atoms with Crippen LogP contribution in [0.2, 0.25) is 0 Å². The molecular formula is C23H28F2N4O. The number of amides is 1. The molecule has 0 fully saturated rings. The van der Waals surface area contributed by atoms with Crippen molar-refractivity contribution in [1.29, 1.82) is 0 Å². The lowest BCUT2D eigenvalue weighted by molar-refractivity contribution is -0.127. The van der Waals surface area contributed by atoms with Gasteiger partial charge in [-0.15, -0.1) is 0 Å². The van der Waals surface area contributed by atoms with E-state index in [1.165, 1.54) is 22.1 Å². The number of nitrogens with zero attached hydrogens (tertiary/aromatic N) is 2. The minimum atomic E-state index is -0.462. The number of aliphatic imine (C=N–C) groups is 1. The molecule has 0 aliphatic heterocycles. The van der Waals surface area contributed by atoms with E-state index in [0.29, 0.717) is 24.5 Å². The first-order chi connectivity index (χ1) is 14.4. The van der Waals surface area contributed by atoms with E-state index in [0.717, 1.165) is 31.4 Å². The summed E-state index contributed by atoms with van der Waals surface area (Å²) in [5.41, 5.74) is 2.98. The van der Waals surface area contributed by atoms with Crippen molar-refractivity contribution < 1.29 is 13.6 Å². The van der Waals surface area contributed by atoms with Crippen LogP contribution in [0.1, 0.15) is 23.1 Å². The third-order valence-electron chi connectivity index (χ3n) is 5.25. The van der Waals surface area contributed by atoms with E-state index in [2.05, 4.69) is 33.8 Å². The molecule has 2 aromatic rings. The third kappa shape index (κ3) is 6.02. The van der Waals surface area contributed by atoms with Crippen LogP contribution in [0.15, 0.2) is 47.5 Å². The average Bonchev–Trinajstić information content (AvgIpc) is 2.73. The quantitative estimate of drug-likeness (QED) is 0.565. The molecular weight excluding hydrogens is 386 g/mol. The highest BCUT2D eigenvalue weighted by molar-refractivity contribution is 5.85. The molecule has 3 rings (SSSR count). The zero-order valence-electron chi connectivity index (χ0n) is 17.4. The molecule has 1 amide bonds. The topological polar surface area (TPSA) is 56.7 Å². The molecule has 0 spiro atoms. The Kier molecular flexibility index (Phi) is 7.38. The Morgan fingerprint density at radius 1 is 1.17 bits per heavy atom. The summed E-state index contributed by atoms with van der Waals surface area (Å²) in [6.07, 6.45) is 3.11. The van der Waals surface area contributed by atoms with Gasteiger partial charge in [-0.25, -0.2) is 13.8 Å². The maximum absolute atomic E-state index is 13.9. The summed E-state index contributed by atoms with van der Waals surface area (Å²) < 4.78 is 27.2. The monoisotopic (exact) mass is 414 g/mol. The van der Waals surface area contributed by atoms with Crippen LogP contribution in [0.3, 0.4) is 0 Å². The Morgan fingerprint density at radius 2 is 1.93 bits per heavy atom. The second-order valence-electron chi connectivity index (χ2n) is 7.72. The number of hydrogen-bond acceptors (Lipinski definition) is 2. The summed E-state index contributed by atoms with van der Waals surface area (Å²) in [4.78, 5) is 17.8. The van der Waals surface area contributed by atoms with E-state index in [9.17, 15) is 13.6 Å². The average molecular weight is 415 g/mol. The summed E-state index contributed by atoms with van der Waals surface area (Å²) in [6, 6.07) is 12.0. The number of likely N-dealkylation sites (N-methyl/N-ethyl adjacent to an activating group) is 1. The molecule has 0 saturated heterocycles. The Hall–Kier alpha value is -2.96. The number of guanidine groups is 1. The van der Waals surface area contributed by atoms with Crippen LogP contribution in [-0.2, 0) is 24.1 Å². The largest absolute Gasteiger partial charge is 0.356 e. The van der Waals surface area contributed by atoms with Crippen molar-refractivity contribution in [3.8, 4) is 0 Å². The molecule has 5 nitrogen and oxygen atoms in total. The highest BCUT2D eigenvalue weighted by atomic mass is 19.1. The number of hydrogen-bond donors (Lipinski definition) is 2.